The highest BCUT2D eigenvalue weighted by atomic mass is 16.3. The van der Waals surface area contributed by atoms with Gasteiger partial charge in [0, 0.05) is 49.0 Å². The molecular formula is C134H80O3. The van der Waals surface area contributed by atoms with Crippen LogP contribution in [0.3, 0.4) is 0 Å². The molecule has 0 atom stereocenters. The molecule has 137 heavy (non-hydrogen) atoms. The zero-order valence-corrected chi connectivity index (χ0v) is 74.4. The highest BCUT2D eigenvalue weighted by Crippen LogP contribution is 2.50. The average molecular weight is 1740 g/mol. The van der Waals surface area contributed by atoms with Gasteiger partial charge in [-0.2, -0.15) is 0 Å². The molecule has 3 nitrogen and oxygen atoms in total. The Kier molecular flexibility index (Phi) is 17.8. The second-order valence-electron chi connectivity index (χ2n) is 36.6. The molecule has 27 aromatic carbocycles. The van der Waals surface area contributed by atoms with Crippen LogP contribution in [0.2, 0.25) is 0 Å². The standard InChI is InChI=1S/C46H28O.2C44H26O/c1-2-7-29(8-3-1)30-13-15-31(16-14-30)36-25-21-34-24-28-41-37(26-22-35-23-27-40(36)44(34)45(35)41)32-17-19-33(20-18-32)38-10-6-11-42-39-9-4-5-12-43(39)47-46(38)42;1-2-9-32-27(7-1)8-5-12-35(32)36-24-22-31-20-19-30-21-23-33(38-25-26-39(36)43(31)42(30)38)28-15-17-29(18-16-28)34-11-6-13-40-37-10-3-4-14-41(37)45-44(34)40;1-2-7-32-26-33(19-12-27(32)6-1)35-23-21-31-18-17-30-20-22-34(38-24-25-39(35)43(31)42(30)38)28-13-15-29(16-14-28)36-9-5-10-40-37-8-3-4-11-41(37)45-44(36)40/h1-28H;2*1-26H. The molecule has 30 rings (SSSR count). The van der Waals surface area contributed by atoms with Crippen LogP contribution in [0, 0.1) is 0 Å². The van der Waals surface area contributed by atoms with E-state index in [4.69, 9.17) is 13.3 Å². The summed E-state index contributed by atoms with van der Waals surface area (Å²) < 4.78 is 19.0. The van der Waals surface area contributed by atoms with E-state index in [0.717, 1.165) is 99.2 Å². The minimum Gasteiger partial charge on any atom is -0.455 e. The highest BCUT2D eigenvalue weighted by Gasteiger charge is 2.24. The molecule has 0 aliphatic heterocycles. The molecule has 634 valence electrons. The third-order valence-corrected chi connectivity index (χ3v) is 29.2. The number of rotatable bonds is 10. The normalized spacial score (nSPS) is 11.9. The zero-order chi connectivity index (χ0) is 89.9. The van der Waals surface area contributed by atoms with Crippen molar-refractivity contribution in [1.29, 1.82) is 0 Å². The molecule has 0 bridgehead atoms. The summed E-state index contributed by atoms with van der Waals surface area (Å²) in [6.07, 6.45) is 0. The van der Waals surface area contributed by atoms with E-state index >= 15 is 0 Å². The summed E-state index contributed by atoms with van der Waals surface area (Å²) in [5.74, 6) is 0. The van der Waals surface area contributed by atoms with Crippen LogP contribution in [0.15, 0.2) is 499 Å². The Balaban J connectivity index is 0.000000102. The van der Waals surface area contributed by atoms with Gasteiger partial charge >= 0.3 is 0 Å². The Morgan fingerprint density at radius 1 is 0.102 bits per heavy atom. The van der Waals surface area contributed by atoms with E-state index in [1.54, 1.807) is 0 Å². The van der Waals surface area contributed by atoms with Crippen LogP contribution < -0.4 is 0 Å². The SMILES string of the molecule is c1ccc(-c2ccc(-c3ccc4ccc5c(-c6ccc(-c7cccc8c7oc7ccccc78)cc6)ccc6ccc3c4c65)cc2)cc1.c1ccc2c(-c3ccc4ccc5ccc(-c6ccc(-c7cccc8c7oc7ccccc78)cc6)c6ccc3c4c56)cccc2c1.c1ccc2cc(-c3ccc4ccc5ccc(-c6ccc(-c7cccc8c7oc7ccccc78)cc6)c6ccc3c4c56)ccc2c1. The molecule has 3 aromatic heterocycles. The summed E-state index contributed by atoms with van der Waals surface area (Å²) in [5.41, 5.74) is 29.8. The molecule has 3 heterocycles. The van der Waals surface area contributed by atoms with Gasteiger partial charge in [-0.1, -0.05) is 461 Å². The van der Waals surface area contributed by atoms with Crippen LogP contribution >= 0.6 is 0 Å². The summed E-state index contributed by atoms with van der Waals surface area (Å²) in [4.78, 5) is 0. The Bertz CT molecular complexity index is 10100. The smallest absolute Gasteiger partial charge is 0.143 e. The van der Waals surface area contributed by atoms with Crippen molar-refractivity contribution in [2.24, 2.45) is 0 Å². The van der Waals surface area contributed by atoms with E-state index in [1.165, 1.54) is 196 Å². The van der Waals surface area contributed by atoms with Crippen LogP contribution in [0.5, 0.6) is 0 Å². The molecule has 0 aliphatic rings. The van der Waals surface area contributed by atoms with Gasteiger partial charge in [-0.25, -0.2) is 0 Å². The second kappa shape index (κ2) is 31.3. The summed E-state index contributed by atoms with van der Waals surface area (Å²) in [5, 5.41) is 35.4. The lowest BCUT2D eigenvalue weighted by Crippen LogP contribution is -1.90. The van der Waals surface area contributed by atoms with Crippen molar-refractivity contribution in [1.82, 2.24) is 0 Å². The predicted molar refractivity (Wildman–Crippen MR) is 582 cm³/mol. The van der Waals surface area contributed by atoms with Crippen molar-refractivity contribution < 1.29 is 13.3 Å². The summed E-state index contributed by atoms with van der Waals surface area (Å²) in [6, 6.07) is 176. The number of hydrogen-bond donors (Lipinski definition) is 0. The molecule has 3 heteroatoms. The Hall–Kier alpha value is -18.0. The van der Waals surface area contributed by atoms with Gasteiger partial charge in [-0.05, 0) is 237 Å². The largest absolute Gasteiger partial charge is 0.455 e. The maximum absolute atomic E-state index is 6.34. The van der Waals surface area contributed by atoms with E-state index < -0.39 is 0 Å². The lowest BCUT2D eigenvalue weighted by Gasteiger charge is -2.17. The van der Waals surface area contributed by atoms with Gasteiger partial charge in [0.2, 0.25) is 0 Å². The molecule has 30 aromatic rings. The van der Waals surface area contributed by atoms with E-state index in [9.17, 15) is 0 Å². The zero-order valence-electron chi connectivity index (χ0n) is 74.4. The molecule has 0 spiro atoms. The lowest BCUT2D eigenvalue weighted by atomic mass is 9.86. The highest BCUT2D eigenvalue weighted by molar-refractivity contribution is 6.32. The van der Waals surface area contributed by atoms with E-state index in [1.807, 2.05) is 36.4 Å². The van der Waals surface area contributed by atoms with E-state index in [0.29, 0.717) is 0 Å². The predicted octanol–water partition coefficient (Wildman–Crippen LogP) is 38.4. The Labute approximate surface area is 788 Å². The minimum absolute atomic E-state index is 0.924. The third kappa shape index (κ3) is 12.7. The average Bonchev–Trinajstić information content (AvgIpc) is 1.67. The van der Waals surface area contributed by atoms with Crippen LogP contribution in [-0.2, 0) is 0 Å². The van der Waals surface area contributed by atoms with Crippen molar-refractivity contribution in [2.45, 2.75) is 0 Å². The van der Waals surface area contributed by atoms with Crippen molar-refractivity contribution >= 4 is 184 Å². The Morgan fingerprint density at radius 2 is 0.328 bits per heavy atom. The van der Waals surface area contributed by atoms with Crippen molar-refractivity contribution in [2.75, 3.05) is 0 Å². The number of hydrogen-bond acceptors (Lipinski definition) is 3. The topological polar surface area (TPSA) is 39.4 Å². The summed E-state index contributed by atoms with van der Waals surface area (Å²) >= 11 is 0. The minimum atomic E-state index is 0.924. The first-order valence-corrected chi connectivity index (χ1v) is 47.2. The summed E-state index contributed by atoms with van der Waals surface area (Å²) in [6.45, 7) is 0. The first-order chi connectivity index (χ1) is 67.9. The van der Waals surface area contributed by atoms with Gasteiger partial charge in [0.25, 0.3) is 0 Å². The molecule has 0 N–H and O–H groups in total. The third-order valence-electron chi connectivity index (χ3n) is 29.2. The number of fused-ring (bicyclic) bond motifs is 11. The summed E-state index contributed by atoms with van der Waals surface area (Å²) in [7, 11) is 0. The second-order valence-corrected chi connectivity index (χ2v) is 36.6. The quantitative estimate of drug-likeness (QED) is 0.128. The number of benzene rings is 27. The van der Waals surface area contributed by atoms with Gasteiger partial charge in [0.1, 0.15) is 33.5 Å². The fourth-order valence-electron chi connectivity index (χ4n) is 22.6. The van der Waals surface area contributed by atoms with Gasteiger partial charge in [-0.15, -0.1) is 0 Å². The molecular weight excluding hydrogens is 1660 g/mol. The maximum atomic E-state index is 6.34. The van der Waals surface area contributed by atoms with Crippen LogP contribution in [0.1, 0.15) is 0 Å². The van der Waals surface area contributed by atoms with Crippen LogP contribution in [-0.4, -0.2) is 0 Å². The monoisotopic (exact) mass is 1740 g/mol. The first-order valence-electron chi connectivity index (χ1n) is 47.2. The number of furan rings is 3. The molecule has 0 aliphatic carbocycles. The lowest BCUT2D eigenvalue weighted by molar-refractivity contribution is 0.669. The van der Waals surface area contributed by atoms with Gasteiger partial charge < -0.3 is 13.3 Å². The van der Waals surface area contributed by atoms with Gasteiger partial charge in [0.15, 0.2) is 0 Å². The van der Waals surface area contributed by atoms with Crippen LogP contribution in [0.25, 0.3) is 296 Å². The van der Waals surface area contributed by atoms with Gasteiger partial charge in [0.05, 0.1) is 0 Å². The number of para-hydroxylation sites is 6. The van der Waals surface area contributed by atoms with E-state index in [-0.39, 0.29) is 0 Å². The fourth-order valence-corrected chi connectivity index (χ4v) is 22.6. The maximum Gasteiger partial charge on any atom is 0.143 e. The first kappa shape index (κ1) is 77.7. The van der Waals surface area contributed by atoms with Crippen molar-refractivity contribution in [3.8, 4) is 111 Å². The molecule has 0 amide bonds. The Morgan fingerprint density at radius 3 is 0.715 bits per heavy atom. The molecule has 0 fully saturated rings. The van der Waals surface area contributed by atoms with E-state index in [2.05, 4.69) is 449 Å². The molecule has 0 unspecified atom stereocenters. The molecule has 0 radical (unpaired) electrons. The molecule has 0 saturated carbocycles. The van der Waals surface area contributed by atoms with Crippen molar-refractivity contribution in [3.05, 3.63) is 485 Å². The van der Waals surface area contributed by atoms with Crippen LogP contribution in [0.4, 0.5) is 0 Å². The van der Waals surface area contributed by atoms with Crippen molar-refractivity contribution in [3.63, 3.8) is 0 Å². The van der Waals surface area contributed by atoms with Gasteiger partial charge in [-0.3, -0.25) is 0 Å². The fraction of sp³-hybridized carbons (Fsp3) is 0. The molecule has 0 saturated heterocycles.